The Kier molecular flexibility index (Phi) is 4.03. The number of aromatic nitrogens is 2. The lowest BCUT2D eigenvalue weighted by Crippen LogP contribution is -2.99. The van der Waals surface area contributed by atoms with Crippen LogP contribution in [0, 0.1) is 12.1 Å². The maximum atomic E-state index is 11.3. The molecule has 1 aromatic rings. The molecule has 92 valence electrons. The van der Waals surface area contributed by atoms with E-state index in [4.69, 9.17) is 5.21 Å². The second-order valence-corrected chi connectivity index (χ2v) is 5.86. The van der Waals surface area contributed by atoms with Crippen LogP contribution in [0.15, 0.2) is 6.20 Å². The number of nitrogens with zero attached hydrogens (tertiary/aromatic N) is 2. The smallest absolute Gasteiger partial charge is 0.259 e. The second-order valence-electron chi connectivity index (χ2n) is 3.38. The molecule has 1 heterocycles. The fourth-order valence-electron chi connectivity index (χ4n) is 1.30. The summed E-state index contributed by atoms with van der Waals surface area (Å²) in [6.45, 7) is 3.34. The first kappa shape index (κ1) is 13.1. The highest BCUT2D eigenvalue weighted by atomic mass is 32.2. The van der Waals surface area contributed by atoms with Crippen molar-refractivity contribution in [1.82, 2.24) is 9.55 Å². The summed E-state index contributed by atoms with van der Waals surface area (Å²) in [5.41, 5.74) is 0. The minimum atomic E-state index is -3.10. The lowest BCUT2D eigenvalue weighted by molar-refractivity contribution is -0.994. The molecule has 0 aliphatic heterocycles. The van der Waals surface area contributed by atoms with Gasteiger partial charge in [-0.15, -0.1) is 0 Å². The summed E-state index contributed by atoms with van der Waals surface area (Å²) in [5.74, 6) is 0.511. The molecular formula is C8H15N3O4S. The molecule has 0 spiro atoms. The molecule has 2 N–H and O–H groups in total. The zero-order valence-corrected chi connectivity index (χ0v) is 9.99. The Morgan fingerprint density at radius 2 is 2.25 bits per heavy atom. The minimum absolute atomic E-state index is 0.0174. The number of hydrogen-bond acceptors (Lipinski definition) is 5. The van der Waals surface area contributed by atoms with E-state index in [-0.39, 0.29) is 23.9 Å². The molecule has 1 aromatic heterocycles. The highest BCUT2D eigenvalue weighted by molar-refractivity contribution is 7.91. The number of quaternary nitrogens is 1. The normalized spacial score (nSPS) is 14.0. The van der Waals surface area contributed by atoms with Gasteiger partial charge in [-0.2, -0.15) is 5.23 Å². The summed E-state index contributed by atoms with van der Waals surface area (Å²) >= 11 is 0. The maximum absolute atomic E-state index is 11.3. The van der Waals surface area contributed by atoms with Crippen molar-refractivity contribution in [1.29, 1.82) is 0 Å². The van der Waals surface area contributed by atoms with Gasteiger partial charge >= 0.3 is 0 Å². The largest absolute Gasteiger partial charge is 0.594 e. The first-order chi connectivity index (χ1) is 7.37. The molecule has 0 radical (unpaired) electrons. The summed E-state index contributed by atoms with van der Waals surface area (Å²) in [4.78, 5) is 3.85. The Bertz CT molecular complexity index is 452. The van der Waals surface area contributed by atoms with E-state index in [0.29, 0.717) is 5.82 Å². The molecule has 0 aliphatic rings. The number of sulfone groups is 1. The Hall–Kier alpha value is -0.960. The molecule has 0 amide bonds. The third-order valence-corrected chi connectivity index (χ3v) is 4.02. The fraction of sp³-hybridized carbons (Fsp3) is 0.625. The zero-order valence-electron chi connectivity index (χ0n) is 9.17. The van der Waals surface area contributed by atoms with Gasteiger partial charge in [-0.05, 0) is 6.92 Å². The van der Waals surface area contributed by atoms with Gasteiger partial charge in [0.15, 0.2) is 9.84 Å². The van der Waals surface area contributed by atoms with Crippen LogP contribution in [-0.4, -0.2) is 34.7 Å². The quantitative estimate of drug-likeness (QED) is 0.654. The summed E-state index contributed by atoms with van der Waals surface area (Å²) in [7, 11) is -3.10. The standard InChI is InChI=1S/C8H15N3O4S/c1-3-16(14,15)5-4-10-7(2)9-6-8(10)11(12)13/h6,11-12H,3-5H2,1-2H3. The zero-order chi connectivity index (χ0) is 12.3. The average molecular weight is 249 g/mol. The molecular weight excluding hydrogens is 234 g/mol. The van der Waals surface area contributed by atoms with Gasteiger partial charge in [0.1, 0.15) is 12.0 Å². The van der Waals surface area contributed by atoms with E-state index in [1.165, 1.54) is 10.8 Å². The van der Waals surface area contributed by atoms with Crippen molar-refractivity contribution < 1.29 is 18.9 Å². The van der Waals surface area contributed by atoms with Crippen LogP contribution in [0.2, 0.25) is 0 Å². The van der Waals surface area contributed by atoms with E-state index in [9.17, 15) is 13.6 Å². The fourth-order valence-corrected chi connectivity index (χ4v) is 2.05. The van der Waals surface area contributed by atoms with Crippen LogP contribution in [0.1, 0.15) is 12.7 Å². The third-order valence-electron chi connectivity index (χ3n) is 2.34. The number of hydrogen-bond donors (Lipinski definition) is 2. The van der Waals surface area contributed by atoms with Gasteiger partial charge in [0.2, 0.25) is 0 Å². The van der Waals surface area contributed by atoms with Crippen molar-refractivity contribution in [3.63, 3.8) is 0 Å². The first-order valence-corrected chi connectivity index (χ1v) is 6.65. The average Bonchev–Trinajstić information content (AvgIpc) is 2.57. The molecule has 0 aromatic carbocycles. The molecule has 0 bridgehead atoms. The maximum Gasteiger partial charge on any atom is 0.259 e. The Morgan fingerprint density at radius 1 is 1.62 bits per heavy atom. The Balaban J connectivity index is 2.85. The summed E-state index contributed by atoms with van der Waals surface area (Å²) in [5, 5.41) is 18.6. The van der Waals surface area contributed by atoms with Crippen LogP contribution in [0.25, 0.3) is 0 Å². The summed E-state index contributed by atoms with van der Waals surface area (Å²) < 4.78 is 24.0. The van der Waals surface area contributed by atoms with Crippen molar-refractivity contribution in [2.45, 2.75) is 20.4 Å². The molecule has 8 heteroatoms. The summed E-state index contributed by atoms with van der Waals surface area (Å²) in [6, 6.07) is 0. The SMILES string of the molecule is CCS(=O)(=O)CCn1c([NH+]([O-])O)cnc1C. The van der Waals surface area contributed by atoms with Gasteiger partial charge in [0.25, 0.3) is 5.82 Å². The van der Waals surface area contributed by atoms with E-state index in [1.807, 2.05) is 0 Å². The minimum Gasteiger partial charge on any atom is -0.594 e. The van der Waals surface area contributed by atoms with Crippen molar-refractivity contribution in [3.8, 4) is 0 Å². The predicted molar refractivity (Wildman–Crippen MR) is 57.1 cm³/mol. The Morgan fingerprint density at radius 3 is 2.75 bits per heavy atom. The molecule has 1 unspecified atom stereocenters. The van der Waals surface area contributed by atoms with Crippen molar-refractivity contribution >= 4 is 15.7 Å². The van der Waals surface area contributed by atoms with Crippen LogP contribution >= 0.6 is 0 Å². The van der Waals surface area contributed by atoms with E-state index in [2.05, 4.69) is 4.98 Å². The number of imidazole rings is 1. The number of nitrogens with one attached hydrogen (secondary N) is 1. The van der Waals surface area contributed by atoms with Gasteiger partial charge in [0.05, 0.1) is 5.75 Å². The highest BCUT2D eigenvalue weighted by Crippen LogP contribution is 2.06. The van der Waals surface area contributed by atoms with Crippen LogP contribution in [0.4, 0.5) is 5.82 Å². The van der Waals surface area contributed by atoms with Gasteiger partial charge in [-0.1, -0.05) is 6.92 Å². The lowest BCUT2D eigenvalue weighted by atomic mass is 10.6. The van der Waals surface area contributed by atoms with Gasteiger partial charge in [-0.3, -0.25) is 4.57 Å². The molecule has 7 nitrogen and oxygen atoms in total. The van der Waals surface area contributed by atoms with Gasteiger partial charge in [0, 0.05) is 12.3 Å². The molecule has 0 fully saturated rings. The topological polar surface area (TPSA) is 99.7 Å². The monoisotopic (exact) mass is 249 g/mol. The van der Waals surface area contributed by atoms with E-state index in [0.717, 1.165) is 0 Å². The molecule has 0 saturated carbocycles. The predicted octanol–water partition coefficient (Wildman–Crippen LogP) is -0.970. The van der Waals surface area contributed by atoms with E-state index < -0.39 is 15.1 Å². The highest BCUT2D eigenvalue weighted by Gasteiger charge is 2.15. The van der Waals surface area contributed by atoms with Crippen molar-refractivity contribution in [2.24, 2.45) is 0 Å². The van der Waals surface area contributed by atoms with Crippen molar-refractivity contribution in [2.75, 3.05) is 11.5 Å². The molecule has 0 aliphatic carbocycles. The molecule has 16 heavy (non-hydrogen) atoms. The van der Waals surface area contributed by atoms with Crippen LogP contribution < -0.4 is 5.23 Å². The molecule has 1 rings (SSSR count). The van der Waals surface area contributed by atoms with E-state index in [1.54, 1.807) is 13.8 Å². The van der Waals surface area contributed by atoms with E-state index >= 15 is 0 Å². The lowest BCUT2D eigenvalue weighted by Gasteiger charge is -2.14. The Labute approximate surface area is 93.8 Å². The van der Waals surface area contributed by atoms with Crippen LogP contribution in [-0.2, 0) is 16.4 Å². The first-order valence-electron chi connectivity index (χ1n) is 4.83. The number of aryl methyl sites for hydroxylation is 1. The van der Waals surface area contributed by atoms with Crippen LogP contribution in [0.3, 0.4) is 0 Å². The summed E-state index contributed by atoms with van der Waals surface area (Å²) in [6.07, 6.45) is 1.23. The van der Waals surface area contributed by atoms with Crippen molar-refractivity contribution in [3.05, 3.63) is 17.2 Å². The molecule has 1 atom stereocenters. The molecule has 0 saturated heterocycles. The second kappa shape index (κ2) is 4.91. The number of rotatable bonds is 5. The van der Waals surface area contributed by atoms with Crippen LogP contribution in [0.5, 0.6) is 0 Å². The third kappa shape index (κ3) is 3.01. The van der Waals surface area contributed by atoms with Gasteiger partial charge in [-0.25, -0.2) is 18.6 Å². The van der Waals surface area contributed by atoms with Gasteiger partial charge < -0.3 is 5.21 Å².